The number of aryl methyl sites for hydroxylation is 1. The van der Waals surface area contributed by atoms with E-state index in [1.165, 1.54) is 4.88 Å². The zero-order valence-corrected chi connectivity index (χ0v) is 17.2. The van der Waals surface area contributed by atoms with Crippen molar-refractivity contribution in [2.75, 3.05) is 31.1 Å². The summed E-state index contributed by atoms with van der Waals surface area (Å²) < 4.78 is 22.8. The standard InChI is InChI=1S/C13H24N4O2S2.HI/c1-4-14-13(16-8-9-21(18,19)5-2)15-7-6-12-17-10-11(3)20-12;/h10H,4-9H2,1-3H3,(H2,14,15,16);1H. The summed E-state index contributed by atoms with van der Waals surface area (Å²) in [6.45, 7) is 7.40. The zero-order valence-electron chi connectivity index (χ0n) is 13.3. The number of halogens is 1. The molecule has 0 aliphatic heterocycles. The minimum absolute atomic E-state index is 0. The van der Waals surface area contributed by atoms with Gasteiger partial charge in [-0.1, -0.05) is 6.92 Å². The molecule has 1 aromatic heterocycles. The van der Waals surface area contributed by atoms with Gasteiger partial charge in [0.1, 0.15) is 0 Å². The third-order valence-electron chi connectivity index (χ3n) is 2.76. The molecule has 22 heavy (non-hydrogen) atoms. The van der Waals surface area contributed by atoms with E-state index in [4.69, 9.17) is 0 Å². The Morgan fingerprint density at radius 2 is 2.09 bits per heavy atom. The second-order valence-electron chi connectivity index (χ2n) is 4.54. The first-order valence-electron chi connectivity index (χ1n) is 7.10. The van der Waals surface area contributed by atoms with Gasteiger partial charge in [-0.3, -0.25) is 4.99 Å². The molecule has 1 heterocycles. The van der Waals surface area contributed by atoms with Crippen molar-refractivity contribution in [3.05, 3.63) is 16.1 Å². The van der Waals surface area contributed by atoms with Crippen molar-refractivity contribution in [2.45, 2.75) is 27.2 Å². The third kappa shape index (κ3) is 8.89. The maximum Gasteiger partial charge on any atom is 0.191 e. The minimum atomic E-state index is -2.96. The minimum Gasteiger partial charge on any atom is -0.357 e. The van der Waals surface area contributed by atoms with E-state index >= 15 is 0 Å². The topological polar surface area (TPSA) is 83.5 Å². The number of guanidine groups is 1. The van der Waals surface area contributed by atoms with Gasteiger partial charge in [0.25, 0.3) is 0 Å². The quantitative estimate of drug-likeness (QED) is 0.350. The van der Waals surface area contributed by atoms with E-state index in [0.29, 0.717) is 5.96 Å². The molecule has 0 radical (unpaired) electrons. The first-order chi connectivity index (χ1) is 9.96. The van der Waals surface area contributed by atoms with Crippen LogP contribution in [0.5, 0.6) is 0 Å². The lowest BCUT2D eigenvalue weighted by Crippen LogP contribution is -2.38. The smallest absolute Gasteiger partial charge is 0.191 e. The second kappa shape index (κ2) is 11.2. The van der Waals surface area contributed by atoms with Gasteiger partial charge in [-0.05, 0) is 13.8 Å². The van der Waals surface area contributed by atoms with E-state index in [0.717, 1.165) is 24.5 Å². The number of nitrogens with zero attached hydrogens (tertiary/aromatic N) is 2. The third-order valence-corrected chi connectivity index (χ3v) is 5.41. The van der Waals surface area contributed by atoms with Gasteiger partial charge in [-0.15, -0.1) is 35.3 Å². The molecule has 0 aliphatic carbocycles. The van der Waals surface area contributed by atoms with Crippen LogP contribution in [0.15, 0.2) is 11.2 Å². The first kappa shape index (κ1) is 21.6. The summed E-state index contributed by atoms with van der Waals surface area (Å²) in [5, 5.41) is 7.39. The van der Waals surface area contributed by atoms with Crippen LogP contribution < -0.4 is 10.6 Å². The number of aromatic nitrogens is 1. The maximum atomic E-state index is 11.4. The Morgan fingerprint density at radius 1 is 1.36 bits per heavy atom. The van der Waals surface area contributed by atoms with Crippen LogP contribution >= 0.6 is 35.3 Å². The molecule has 0 aromatic carbocycles. The predicted molar refractivity (Wildman–Crippen MR) is 104 cm³/mol. The summed E-state index contributed by atoms with van der Waals surface area (Å²) in [7, 11) is -2.96. The Kier molecular flexibility index (Phi) is 11.0. The van der Waals surface area contributed by atoms with Crippen LogP contribution in [-0.2, 0) is 16.3 Å². The highest BCUT2D eigenvalue weighted by atomic mass is 127. The Bertz CT molecular complexity index is 558. The first-order valence-corrected chi connectivity index (χ1v) is 9.74. The lowest BCUT2D eigenvalue weighted by molar-refractivity contribution is 0.597. The molecule has 0 atom stereocenters. The Hall–Kier alpha value is -0.420. The van der Waals surface area contributed by atoms with E-state index < -0.39 is 9.84 Å². The molecule has 1 rings (SSSR count). The van der Waals surface area contributed by atoms with Crippen LogP contribution in [0, 0.1) is 6.92 Å². The number of thiazole rings is 1. The van der Waals surface area contributed by atoms with Gasteiger partial charge in [0.15, 0.2) is 15.8 Å². The Morgan fingerprint density at radius 3 is 2.64 bits per heavy atom. The number of nitrogens with one attached hydrogen (secondary N) is 2. The van der Waals surface area contributed by atoms with E-state index in [1.807, 2.05) is 20.0 Å². The molecule has 6 nitrogen and oxygen atoms in total. The summed E-state index contributed by atoms with van der Waals surface area (Å²) in [6.07, 6.45) is 2.70. The lowest BCUT2D eigenvalue weighted by atomic mass is 10.4. The summed E-state index contributed by atoms with van der Waals surface area (Å²) >= 11 is 1.69. The highest BCUT2D eigenvalue weighted by Gasteiger charge is 2.06. The highest BCUT2D eigenvalue weighted by Crippen LogP contribution is 2.10. The fraction of sp³-hybridized carbons (Fsp3) is 0.692. The van der Waals surface area contributed by atoms with E-state index in [2.05, 4.69) is 20.6 Å². The van der Waals surface area contributed by atoms with Crippen LogP contribution in [-0.4, -0.2) is 50.5 Å². The van der Waals surface area contributed by atoms with Gasteiger partial charge >= 0.3 is 0 Å². The molecule has 0 fully saturated rings. The van der Waals surface area contributed by atoms with Crippen LogP contribution in [0.4, 0.5) is 0 Å². The van der Waals surface area contributed by atoms with E-state index in [9.17, 15) is 8.42 Å². The van der Waals surface area contributed by atoms with Crippen LogP contribution in [0.1, 0.15) is 23.7 Å². The van der Waals surface area contributed by atoms with Crippen LogP contribution in [0.25, 0.3) is 0 Å². The van der Waals surface area contributed by atoms with Gasteiger partial charge in [0.05, 0.1) is 17.3 Å². The zero-order chi connectivity index (χ0) is 15.7. The van der Waals surface area contributed by atoms with Crippen molar-refractivity contribution in [3.63, 3.8) is 0 Å². The molecule has 2 N–H and O–H groups in total. The van der Waals surface area contributed by atoms with Crippen LogP contribution in [0.2, 0.25) is 0 Å². The van der Waals surface area contributed by atoms with Gasteiger partial charge in [0.2, 0.25) is 0 Å². The largest absolute Gasteiger partial charge is 0.357 e. The molecule has 9 heteroatoms. The van der Waals surface area contributed by atoms with Gasteiger partial charge < -0.3 is 10.6 Å². The molecule has 0 spiro atoms. The molecular formula is C13H25IN4O2S2. The van der Waals surface area contributed by atoms with Crippen molar-refractivity contribution in [3.8, 4) is 0 Å². The summed E-state index contributed by atoms with van der Waals surface area (Å²) in [5.74, 6) is 0.902. The average Bonchev–Trinajstić information content (AvgIpc) is 2.84. The average molecular weight is 460 g/mol. The van der Waals surface area contributed by atoms with E-state index in [1.54, 1.807) is 18.3 Å². The molecule has 128 valence electrons. The Balaban J connectivity index is 0.00000441. The fourth-order valence-corrected chi connectivity index (χ4v) is 3.03. The predicted octanol–water partition coefficient (Wildman–Crippen LogP) is 1.60. The number of hydrogen-bond acceptors (Lipinski definition) is 5. The number of hydrogen-bond donors (Lipinski definition) is 2. The van der Waals surface area contributed by atoms with E-state index in [-0.39, 0.29) is 42.0 Å². The molecule has 0 saturated carbocycles. The van der Waals surface area contributed by atoms with Gasteiger partial charge in [-0.2, -0.15) is 0 Å². The second-order valence-corrected chi connectivity index (χ2v) is 8.33. The molecule has 0 bridgehead atoms. The summed E-state index contributed by atoms with van der Waals surface area (Å²) in [5.41, 5.74) is 0. The highest BCUT2D eigenvalue weighted by molar-refractivity contribution is 14.0. The SMILES string of the molecule is CCNC(=NCCS(=O)(=O)CC)NCCc1ncc(C)s1.I. The van der Waals surface area contributed by atoms with Crippen molar-refractivity contribution in [1.82, 2.24) is 15.6 Å². The summed E-state index contributed by atoms with van der Waals surface area (Å²) in [4.78, 5) is 9.79. The normalized spacial score (nSPS) is 11.9. The van der Waals surface area contributed by atoms with Crippen molar-refractivity contribution in [2.24, 2.45) is 4.99 Å². The molecule has 0 amide bonds. The van der Waals surface area contributed by atoms with Gasteiger partial charge in [-0.25, -0.2) is 13.4 Å². The monoisotopic (exact) mass is 460 g/mol. The number of rotatable bonds is 8. The van der Waals surface area contributed by atoms with Crippen molar-refractivity contribution in [1.29, 1.82) is 0 Å². The molecule has 1 aromatic rings. The van der Waals surface area contributed by atoms with Crippen molar-refractivity contribution < 1.29 is 8.42 Å². The fourth-order valence-electron chi connectivity index (χ4n) is 1.59. The molecule has 0 saturated heterocycles. The molecule has 0 unspecified atom stereocenters. The van der Waals surface area contributed by atoms with Crippen molar-refractivity contribution >= 4 is 51.1 Å². The molecule has 0 aliphatic rings. The maximum absolute atomic E-state index is 11.4. The molecular weight excluding hydrogens is 435 g/mol. The number of aliphatic imine (C=N–C) groups is 1. The summed E-state index contributed by atoms with van der Waals surface area (Å²) in [6, 6.07) is 0. The van der Waals surface area contributed by atoms with Crippen LogP contribution in [0.3, 0.4) is 0 Å². The lowest BCUT2D eigenvalue weighted by Gasteiger charge is -2.10. The Labute approximate surface area is 154 Å². The number of sulfone groups is 1. The van der Waals surface area contributed by atoms with Gasteiger partial charge in [0, 0.05) is 36.3 Å².